The summed E-state index contributed by atoms with van der Waals surface area (Å²) in [6.07, 6.45) is -4.18. The van der Waals surface area contributed by atoms with Gasteiger partial charge in [-0.25, -0.2) is 13.8 Å². The first kappa shape index (κ1) is 22.9. The van der Waals surface area contributed by atoms with Crippen LogP contribution in [0.5, 0.6) is 0 Å². The van der Waals surface area contributed by atoms with Crippen LogP contribution in [-0.2, 0) is 4.84 Å². The third-order valence-corrected chi connectivity index (χ3v) is 7.13. The lowest BCUT2D eigenvalue weighted by Gasteiger charge is -2.31. The van der Waals surface area contributed by atoms with Crippen LogP contribution in [0.2, 0.25) is 0 Å². The molecule has 1 aromatic heterocycles. The van der Waals surface area contributed by atoms with E-state index in [0.717, 1.165) is 17.1 Å². The Morgan fingerprint density at radius 2 is 1.94 bits per heavy atom. The quantitative estimate of drug-likeness (QED) is 0.610. The van der Waals surface area contributed by atoms with Crippen LogP contribution in [0, 0.1) is 11.6 Å². The van der Waals surface area contributed by atoms with Crippen molar-refractivity contribution < 1.29 is 26.8 Å². The van der Waals surface area contributed by atoms with Crippen molar-refractivity contribution in [2.45, 2.75) is 50.4 Å². The minimum atomic E-state index is -4.57. The molecule has 12 heteroatoms. The van der Waals surface area contributed by atoms with Crippen molar-refractivity contribution in [3.8, 4) is 0 Å². The lowest BCUT2D eigenvalue weighted by atomic mass is 9.86. The predicted octanol–water partition coefficient (Wildman–Crippen LogP) is 4.93. The Kier molecular flexibility index (Phi) is 5.88. The smallest absolute Gasteiger partial charge is 0.387 e. The number of nitrogens with one attached hydrogen (secondary N) is 1. The topological polar surface area (TPSA) is 73.0 Å². The van der Waals surface area contributed by atoms with Crippen molar-refractivity contribution in [1.82, 2.24) is 15.7 Å². The number of aromatic nitrogens is 1. The number of halogens is 5. The van der Waals surface area contributed by atoms with Gasteiger partial charge in [0.1, 0.15) is 17.3 Å². The number of hydrogen-bond donors (Lipinski definition) is 1. The summed E-state index contributed by atoms with van der Waals surface area (Å²) in [5.74, 6) is -1.47. The van der Waals surface area contributed by atoms with Crippen molar-refractivity contribution in [1.29, 1.82) is 0 Å². The van der Waals surface area contributed by atoms with Gasteiger partial charge >= 0.3 is 6.18 Å². The van der Waals surface area contributed by atoms with E-state index in [-0.39, 0.29) is 29.2 Å². The SMILES string of the molecule is CC1=C(C2CC(c3nc(C4=NO[C@@H](c5c(F)cccc5F)C4)cs3)CCN2)C(C(F)(F)F)=N[N]1. The van der Waals surface area contributed by atoms with E-state index in [1.165, 1.54) is 24.3 Å². The molecule has 5 rings (SSSR count). The van der Waals surface area contributed by atoms with E-state index in [2.05, 4.69) is 26.0 Å². The average Bonchev–Trinajstić information content (AvgIpc) is 3.53. The summed E-state index contributed by atoms with van der Waals surface area (Å²) in [7, 11) is 0. The number of nitrogens with zero attached hydrogens (tertiary/aromatic N) is 4. The highest BCUT2D eigenvalue weighted by Crippen LogP contribution is 2.38. The van der Waals surface area contributed by atoms with Gasteiger partial charge in [0.05, 0.1) is 22.0 Å². The lowest BCUT2D eigenvalue weighted by molar-refractivity contribution is -0.0586. The largest absolute Gasteiger partial charge is 0.435 e. The molecule has 0 spiro atoms. The van der Waals surface area contributed by atoms with Gasteiger partial charge in [-0.3, -0.25) is 0 Å². The Labute approximate surface area is 195 Å². The fraction of sp³-hybridized carbons (Fsp3) is 0.409. The summed E-state index contributed by atoms with van der Waals surface area (Å²) < 4.78 is 68.4. The highest BCUT2D eigenvalue weighted by atomic mass is 32.1. The molecule has 1 radical (unpaired) electrons. The van der Waals surface area contributed by atoms with Crippen molar-refractivity contribution in [3.05, 3.63) is 62.7 Å². The number of rotatable bonds is 4. The minimum Gasteiger partial charge on any atom is -0.387 e. The molecule has 1 N–H and O–H groups in total. The summed E-state index contributed by atoms with van der Waals surface area (Å²) in [5, 5.41) is 13.0. The molecule has 3 aliphatic rings. The first-order chi connectivity index (χ1) is 16.2. The van der Waals surface area contributed by atoms with Crippen LogP contribution in [0.15, 0.2) is 45.1 Å². The fourth-order valence-electron chi connectivity index (χ4n) is 4.50. The zero-order chi connectivity index (χ0) is 24.0. The second-order valence-electron chi connectivity index (χ2n) is 8.32. The predicted molar refractivity (Wildman–Crippen MR) is 116 cm³/mol. The van der Waals surface area contributed by atoms with Gasteiger partial charge in [0.15, 0.2) is 11.8 Å². The maximum atomic E-state index is 14.1. The van der Waals surface area contributed by atoms with Gasteiger partial charge in [-0.05, 0) is 38.4 Å². The van der Waals surface area contributed by atoms with Gasteiger partial charge in [-0.2, -0.15) is 18.6 Å². The number of oxime groups is 1. The van der Waals surface area contributed by atoms with Crippen LogP contribution in [0.1, 0.15) is 54.5 Å². The number of piperidine rings is 1. The van der Waals surface area contributed by atoms with Crippen molar-refractivity contribution >= 4 is 22.8 Å². The fourth-order valence-corrected chi connectivity index (χ4v) is 5.48. The number of hydrogen-bond acceptors (Lipinski definition) is 6. The molecule has 34 heavy (non-hydrogen) atoms. The van der Waals surface area contributed by atoms with Crippen LogP contribution in [0.25, 0.3) is 0 Å². The standard InChI is InChI=1S/C22H19F5N5OS/c1-10-18(20(31-30-10)22(25,26)27)15-7-11(5-6-28-15)21-29-16(9-34-21)14-8-17(33-32-14)19-12(23)3-2-4-13(19)24/h2-4,9,11,15,17,28H,5-8H2,1H3/t11?,15?,17-/m1/s1. The second-order valence-corrected chi connectivity index (χ2v) is 9.21. The van der Waals surface area contributed by atoms with Crippen LogP contribution in [0.4, 0.5) is 22.0 Å². The lowest BCUT2D eigenvalue weighted by Crippen LogP contribution is -2.43. The normalized spacial score (nSPS) is 25.2. The van der Waals surface area contributed by atoms with Gasteiger partial charge < -0.3 is 10.2 Å². The Morgan fingerprint density at radius 3 is 2.68 bits per heavy atom. The molecule has 3 atom stereocenters. The summed E-state index contributed by atoms with van der Waals surface area (Å²) in [4.78, 5) is 9.93. The van der Waals surface area contributed by atoms with E-state index in [4.69, 9.17) is 4.84 Å². The molecule has 1 fully saturated rings. The molecule has 1 aromatic carbocycles. The van der Waals surface area contributed by atoms with Crippen molar-refractivity contribution in [2.75, 3.05) is 6.54 Å². The molecular formula is C22H19F5N5OS. The van der Waals surface area contributed by atoms with Crippen LogP contribution in [0.3, 0.4) is 0 Å². The van der Waals surface area contributed by atoms with E-state index in [9.17, 15) is 22.0 Å². The Bertz CT molecular complexity index is 1180. The average molecular weight is 496 g/mol. The van der Waals surface area contributed by atoms with Gasteiger partial charge in [-0.1, -0.05) is 11.2 Å². The Balaban J connectivity index is 1.30. The van der Waals surface area contributed by atoms with Gasteiger partial charge in [-0.15, -0.1) is 16.4 Å². The molecule has 0 amide bonds. The minimum absolute atomic E-state index is 0.0666. The molecule has 2 aromatic rings. The van der Waals surface area contributed by atoms with Crippen LogP contribution < -0.4 is 10.7 Å². The summed E-state index contributed by atoms with van der Waals surface area (Å²) in [5.41, 5.74) is 3.88. The first-order valence-corrected chi connectivity index (χ1v) is 11.5. The van der Waals surface area contributed by atoms with Crippen LogP contribution in [-0.4, -0.2) is 35.2 Å². The molecule has 6 nitrogen and oxygen atoms in total. The number of allylic oxidation sites excluding steroid dienone is 1. The molecule has 4 heterocycles. The zero-order valence-corrected chi connectivity index (χ0v) is 18.7. The number of benzene rings is 1. The van der Waals surface area contributed by atoms with E-state index < -0.39 is 35.7 Å². The number of thiazole rings is 1. The van der Waals surface area contributed by atoms with Crippen molar-refractivity contribution in [3.63, 3.8) is 0 Å². The van der Waals surface area contributed by atoms with Gasteiger partial charge in [0.25, 0.3) is 0 Å². The van der Waals surface area contributed by atoms with E-state index >= 15 is 0 Å². The second kappa shape index (κ2) is 8.73. The van der Waals surface area contributed by atoms with E-state index in [0.29, 0.717) is 30.8 Å². The highest BCUT2D eigenvalue weighted by molar-refractivity contribution is 7.10. The summed E-state index contributed by atoms with van der Waals surface area (Å²) >= 11 is 1.38. The van der Waals surface area contributed by atoms with Gasteiger partial charge in [0.2, 0.25) is 0 Å². The Hall–Kier alpha value is -2.86. The summed E-state index contributed by atoms with van der Waals surface area (Å²) in [6, 6.07) is 3.07. The maximum Gasteiger partial charge on any atom is 0.435 e. The first-order valence-electron chi connectivity index (χ1n) is 10.6. The molecule has 179 valence electrons. The van der Waals surface area contributed by atoms with E-state index in [1.807, 2.05) is 0 Å². The van der Waals surface area contributed by atoms with Gasteiger partial charge in [0, 0.05) is 29.3 Å². The highest BCUT2D eigenvalue weighted by Gasteiger charge is 2.45. The molecule has 0 saturated carbocycles. The number of alkyl halides is 3. The molecule has 0 bridgehead atoms. The monoisotopic (exact) mass is 496 g/mol. The molecule has 1 saturated heterocycles. The maximum absolute atomic E-state index is 14.1. The Morgan fingerprint density at radius 1 is 1.18 bits per heavy atom. The molecule has 0 aliphatic carbocycles. The molecular weight excluding hydrogens is 477 g/mol. The third kappa shape index (κ3) is 4.20. The molecule has 2 unspecified atom stereocenters. The zero-order valence-electron chi connectivity index (χ0n) is 17.9. The van der Waals surface area contributed by atoms with Crippen molar-refractivity contribution in [2.24, 2.45) is 10.3 Å². The van der Waals surface area contributed by atoms with E-state index in [1.54, 1.807) is 5.38 Å². The third-order valence-electron chi connectivity index (χ3n) is 6.12. The van der Waals surface area contributed by atoms with Crippen LogP contribution >= 0.6 is 11.3 Å². The summed E-state index contributed by atoms with van der Waals surface area (Å²) in [6.45, 7) is 2.04. The molecule has 3 aliphatic heterocycles.